The summed E-state index contributed by atoms with van der Waals surface area (Å²) in [5.41, 5.74) is 7.58. The van der Waals surface area contributed by atoms with Gasteiger partial charge in [-0.3, -0.25) is 9.78 Å². The maximum atomic E-state index is 11.0. The molecule has 0 saturated carbocycles. The van der Waals surface area contributed by atoms with Gasteiger partial charge in [0.2, 0.25) is 0 Å². The van der Waals surface area contributed by atoms with Crippen molar-refractivity contribution >= 4 is 11.6 Å². The molecule has 0 unspecified atom stereocenters. The smallest absolute Gasteiger partial charge is 0.267 e. The first kappa shape index (κ1) is 12.1. The highest BCUT2D eigenvalue weighted by atomic mass is 16.1. The van der Waals surface area contributed by atoms with Gasteiger partial charge in [-0.2, -0.15) is 0 Å². The Morgan fingerprint density at radius 3 is 2.72 bits per heavy atom. The van der Waals surface area contributed by atoms with Crippen molar-refractivity contribution in [1.82, 2.24) is 4.98 Å². The molecular weight excluding hydrogens is 226 g/mol. The van der Waals surface area contributed by atoms with E-state index in [0.717, 1.165) is 18.7 Å². The zero-order valence-electron chi connectivity index (χ0n) is 9.97. The lowest BCUT2D eigenvalue weighted by Gasteiger charge is -2.06. The van der Waals surface area contributed by atoms with Crippen LogP contribution in [0.4, 0.5) is 5.69 Å². The summed E-state index contributed by atoms with van der Waals surface area (Å²) in [6.07, 6.45) is 2.50. The number of amides is 1. The molecule has 0 radical (unpaired) electrons. The molecule has 1 aromatic heterocycles. The lowest BCUT2D eigenvalue weighted by molar-refractivity contribution is 0.0995. The second-order valence-electron chi connectivity index (χ2n) is 3.96. The van der Waals surface area contributed by atoms with Gasteiger partial charge >= 0.3 is 0 Å². The van der Waals surface area contributed by atoms with E-state index < -0.39 is 5.91 Å². The van der Waals surface area contributed by atoms with Gasteiger partial charge in [0.1, 0.15) is 5.69 Å². The van der Waals surface area contributed by atoms with Crippen LogP contribution in [0.2, 0.25) is 0 Å². The van der Waals surface area contributed by atoms with Crippen molar-refractivity contribution in [3.8, 4) is 0 Å². The van der Waals surface area contributed by atoms with Crippen molar-refractivity contribution in [2.24, 2.45) is 5.73 Å². The minimum Gasteiger partial charge on any atom is -0.385 e. The normalized spacial score (nSPS) is 10.0. The van der Waals surface area contributed by atoms with Crippen LogP contribution in [0.3, 0.4) is 0 Å². The molecule has 4 nitrogen and oxygen atoms in total. The number of primary amides is 1. The summed E-state index contributed by atoms with van der Waals surface area (Å²) in [7, 11) is 0. The molecule has 18 heavy (non-hydrogen) atoms. The molecule has 0 aliphatic carbocycles. The molecule has 0 bridgehead atoms. The van der Waals surface area contributed by atoms with Crippen LogP contribution in [0.15, 0.2) is 48.7 Å². The quantitative estimate of drug-likeness (QED) is 0.839. The zero-order valence-corrected chi connectivity index (χ0v) is 9.97. The standard InChI is InChI=1S/C14H15N3O/c15-14(18)13-10-12(7-9-17-13)16-8-6-11-4-2-1-3-5-11/h1-5,7,9-10H,6,8H2,(H2,15,18)(H,16,17). The van der Waals surface area contributed by atoms with Crippen LogP contribution < -0.4 is 11.1 Å². The van der Waals surface area contributed by atoms with Gasteiger partial charge < -0.3 is 11.1 Å². The van der Waals surface area contributed by atoms with Crippen LogP contribution in [-0.2, 0) is 6.42 Å². The number of hydrogen-bond donors (Lipinski definition) is 2. The Morgan fingerprint density at radius 1 is 1.22 bits per heavy atom. The van der Waals surface area contributed by atoms with Gasteiger partial charge in [-0.1, -0.05) is 30.3 Å². The van der Waals surface area contributed by atoms with Gasteiger partial charge in [0.15, 0.2) is 0 Å². The van der Waals surface area contributed by atoms with Crippen molar-refractivity contribution in [2.45, 2.75) is 6.42 Å². The number of hydrogen-bond acceptors (Lipinski definition) is 3. The van der Waals surface area contributed by atoms with E-state index in [9.17, 15) is 4.79 Å². The van der Waals surface area contributed by atoms with E-state index in [1.54, 1.807) is 12.3 Å². The Hall–Kier alpha value is -2.36. The molecule has 0 aliphatic rings. The number of nitrogens with one attached hydrogen (secondary N) is 1. The van der Waals surface area contributed by atoms with Gasteiger partial charge in [0.05, 0.1) is 0 Å². The van der Waals surface area contributed by atoms with Crippen molar-refractivity contribution < 1.29 is 4.79 Å². The van der Waals surface area contributed by atoms with E-state index in [4.69, 9.17) is 5.73 Å². The maximum Gasteiger partial charge on any atom is 0.267 e. The van der Waals surface area contributed by atoms with Gasteiger partial charge in [-0.05, 0) is 24.1 Å². The summed E-state index contributed by atoms with van der Waals surface area (Å²) in [6, 6.07) is 13.7. The molecule has 0 spiro atoms. The lowest BCUT2D eigenvalue weighted by atomic mass is 10.1. The van der Waals surface area contributed by atoms with Crippen molar-refractivity contribution in [3.63, 3.8) is 0 Å². The molecular formula is C14H15N3O. The highest BCUT2D eigenvalue weighted by Gasteiger charge is 2.02. The molecule has 2 aromatic rings. The molecule has 1 aromatic carbocycles. The summed E-state index contributed by atoms with van der Waals surface area (Å²) < 4.78 is 0. The van der Waals surface area contributed by atoms with Gasteiger partial charge in [-0.15, -0.1) is 0 Å². The number of aromatic nitrogens is 1. The average Bonchev–Trinajstić information content (AvgIpc) is 2.40. The van der Waals surface area contributed by atoms with E-state index in [2.05, 4.69) is 22.4 Å². The summed E-state index contributed by atoms with van der Waals surface area (Å²) in [5, 5.41) is 3.24. The predicted octanol–water partition coefficient (Wildman–Crippen LogP) is 1.84. The van der Waals surface area contributed by atoms with E-state index in [1.807, 2.05) is 24.3 Å². The molecule has 3 N–H and O–H groups in total. The third-order valence-electron chi connectivity index (χ3n) is 2.60. The zero-order chi connectivity index (χ0) is 12.8. The second kappa shape index (κ2) is 5.82. The van der Waals surface area contributed by atoms with E-state index >= 15 is 0 Å². The molecule has 0 saturated heterocycles. The van der Waals surface area contributed by atoms with Crippen molar-refractivity contribution in [1.29, 1.82) is 0 Å². The first-order valence-corrected chi connectivity index (χ1v) is 5.79. The molecule has 2 rings (SSSR count). The van der Waals surface area contributed by atoms with Crippen LogP contribution in [0.25, 0.3) is 0 Å². The predicted molar refractivity (Wildman–Crippen MR) is 71.4 cm³/mol. The number of pyridine rings is 1. The molecule has 4 heteroatoms. The molecule has 0 aliphatic heterocycles. The van der Waals surface area contributed by atoms with Crippen molar-refractivity contribution in [3.05, 3.63) is 59.9 Å². The summed E-state index contributed by atoms with van der Waals surface area (Å²) in [6.45, 7) is 0.798. The summed E-state index contributed by atoms with van der Waals surface area (Å²) in [4.78, 5) is 14.9. The fraction of sp³-hybridized carbons (Fsp3) is 0.143. The van der Waals surface area contributed by atoms with Crippen LogP contribution in [0.1, 0.15) is 16.1 Å². The Labute approximate surface area is 106 Å². The number of benzene rings is 1. The number of nitrogens with two attached hydrogens (primary N) is 1. The number of anilines is 1. The summed E-state index contributed by atoms with van der Waals surface area (Å²) >= 11 is 0. The number of carbonyl (C=O) groups is 1. The minimum absolute atomic E-state index is 0.278. The Kier molecular flexibility index (Phi) is 3.91. The topological polar surface area (TPSA) is 68.0 Å². The molecule has 1 heterocycles. The fourth-order valence-electron chi connectivity index (χ4n) is 1.67. The Morgan fingerprint density at radius 2 is 2.00 bits per heavy atom. The highest BCUT2D eigenvalue weighted by molar-refractivity contribution is 5.91. The van der Waals surface area contributed by atoms with Crippen LogP contribution in [-0.4, -0.2) is 17.4 Å². The number of rotatable bonds is 5. The molecule has 92 valence electrons. The maximum absolute atomic E-state index is 11.0. The largest absolute Gasteiger partial charge is 0.385 e. The average molecular weight is 241 g/mol. The van der Waals surface area contributed by atoms with Gasteiger partial charge in [0.25, 0.3) is 5.91 Å². The van der Waals surface area contributed by atoms with E-state index in [0.29, 0.717) is 0 Å². The van der Waals surface area contributed by atoms with Crippen LogP contribution in [0, 0.1) is 0 Å². The lowest BCUT2D eigenvalue weighted by Crippen LogP contribution is -2.13. The molecule has 1 amide bonds. The highest BCUT2D eigenvalue weighted by Crippen LogP contribution is 2.08. The molecule has 0 fully saturated rings. The SMILES string of the molecule is NC(=O)c1cc(NCCc2ccccc2)ccn1. The van der Waals surface area contributed by atoms with Crippen LogP contribution in [0.5, 0.6) is 0 Å². The molecule has 0 atom stereocenters. The Bertz CT molecular complexity index is 526. The first-order chi connectivity index (χ1) is 8.75. The van der Waals surface area contributed by atoms with Crippen LogP contribution >= 0.6 is 0 Å². The third kappa shape index (κ3) is 3.31. The van der Waals surface area contributed by atoms with Gasteiger partial charge in [0, 0.05) is 18.4 Å². The first-order valence-electron chi connectivity index (χ1n) is 5.79. The minimum atomic E-state index is -0.512. The monoisotopic (exact) mass is 241 g/mol. The number of carbonyl (C=O) groups excluding carboxylic acids is 1. The van der Waals surface area contributed by atoms with Gasteiger partial charge in [-0.25, -0.2) is 0 Å². The van der Waals surface area contributed by atoms with E-state index in [-0.39, 0.29) is 5.69 Å². The fourth-order valence-corrected chi connectivity index (χ4v) is 1.67. The Balaban J connectivity index is 1.90. The van der Waals surface area contributed by atoms with Crippen molar-refractivity contribution in [2.75, 3.05) is 11.9 Å². The summed E-state index contributed by atoms with van der Waals surface area (Å²) in [5.74, 6) is -0.512. The van der Waals surface area contributed by atoms with E-state index in [1.165, 1.54) is 5.56 Å². The second-order valence-corrected chi connectivity index (χ2v) is 3.96. The number of nitrogens with zero attached hydrogens (tertiary/aromatic N) is 1. The third-order valence-corrected chi connectivity index (χ3v) is 2.60.